The number of hydrogen-bond donors (Lipinski definition) is 1. The Labute approximate surface area is 149 Å². The van der Waals surface area contributed by atoms with Gasteiger partial charge in [0.25, 0.3) is 0 Å². The van der Waals surface area contributed by atoms with E-state index < -0.39 is 0 Å². The molecular formula is C18H20BrN3O2. The van der Waals surface area contributed by atoms with Crippen molar-refractivity contribution in [2.75, 3.05) is 13.1 Å². The van der Waals surface area contributed by atoms with Crippen LogP contribution in [0.2, 0.25) is 0 Å². The molecule has 1 N–H and O–H groups in total. The molecule has 1 aromatic carbocycles. The molecule has 1 unspecified atom stereocenters. The van der Waals surface area contributed by atoms with E-state index in [1.165, 1.54) is 5.56 Å². The average Bonchev–Trinajstić information content (AvgIpc) is 2.92. The van der Waals surface area contributed by atoms with Crippen LogP contribution in [-0.4, -0.2) is 40.2 Å². The fourth-order valence-corrected chi connectivity index (χ4v) is 3.77. The van der Waals surface area contributed by atoms with Gasteiger partial charge < -0.3 is 9.64 Å². The molecule has 1 aliphatic heterocycles. The maximum Gasteiger partial charge on any atom is 0.226 e. The summed E-state index contributed by atoms with van der Waals surface area (Å²) in [6.07, 6.45) is 2.70. The molecule has 0 saturated carbocycles. The Hall–Kier alpha value is -1.82. The van der Waals surface area contributed by atoms with Gasteiger partial charge in [-0.15, -0.1) is 0 Å². The van der Waals surface area contributed by atoms with E-state index in [0.717, 1.165) is 40.9 Å². The molecule has 1 amide bonds. The number of rotatable bonds is 3. The fourth-order valence-electron chi connectivity index (χ4n) is 3.51. The van der Waals surface area contributed by atoms with Crippen molar-refractivity contribution in [3.05, 3.63) is 45.7 Å². The minimum Gasteiger partial charge on any atom is -0.487 e. The highest BCUT2D eigenvalue weighted by Crippen LogP contribution is 2.29. The molecule has 5 nitrogen and oxygen atoms in total. The Morgan fingerprint density at radius 3 is 2.83 bits per heavy atom. The van der Waals surface area contributed by atoms with Crippen molar-refractivity contribution in [2.24, 2.45) is 5.92 Å². The van der Waals surface area contributed by atoms with Crippen LogP contribution >= 0.6 is 15.9 Å². The molecule has 1 atom stereocenters. The number of aromatic nitrogens is 2. The molecule has 1 aromatic heterocycles. The van der Waals surface area contributed by atoms with Gasteiger partial charge in [-0.05, 0) is 56.0 Å². The summed E-state index contributed by atoms with van der Waals surface area (Å²) in [7, 11) is 0. The Morgan fingerprint density at radius 2 is 2.08 bits per heavy atom. The number of fused-ring (bicyclic) bond motifs is 1. The SMILES string of the molecule is Cc1[nH]nc2c1CC(C(=O)N1CC(Oc3ccc(Br)cc3)C1)CC2. The van der Waals surface area contributed by atoms with Crippen molar-refractivity contribution in [1.82, 2.24) is 15.1 Å². The summed E-state index contributed by atoms with van der Waals surface area (Å²) in [6, 6.07) is 7.81. The number of halogens is 1. The van der Waals surface area contributed by atoms with Crippen LogP contribution in [-0.2, 0) is 17.6 Å². The van der Waals surface area contributed by atoms with Crippen LogP contribution in [0.25, 0.3) is 0 Å². The molecule has 0 radical (unpaired) electrons. The summed E-state index contributed by atoms with van der Waals surface area (Å²) in [5.74, 6) is 1.20. The van der Waals surface area contributed by atoms with Gasteiger partial charge in [-0.3, -0.25) is 9.89 Å². The van der Waals surface area contributed by atoms with Crippen LogP contribution in [0, 0.1) is 12.8 Å². The average molecular weight is 390 g/mol. The second kappa shape index (κ2) is 6.24. The number of H-pyrrole nitrogens is 1. The molecule has 1 aliphatic carbocycles. The first-order valence-corrected chi connectivity index (χ1v) is 9.13. The quantitative estimate of drug-likeness (QED) is 0.877. The Bertz CT molecular complexity index is 750. The first-order chi connectivity index (χ1) is 11.6. The molecule has 126 valence electrons. The highest BCUT2D eigenvalue weighted by Gasteiger charge is 2.37. The molecule has 4 rings (SSSR count). The Balaban J connectivity index is 1.31. The van der Waals surface area contributed by atoms with Crippen molar-refractivity contribution in [3.63, 3.8) is 0 Å². The smallest absolute Gasteiger partial charge is 0.226 e. The van der Waals surface area contributed by atoms with Crippen molar-refractivity contribution in [1.29, 1.82) is 0 Å². The largest absolute Gasteiger partial charge is 0.487 e. The Kier molecular flexibility index (Phi) is 4.08. The molecule has 0 bridgehead atoms. The van der Waals surface area contributed by atoms with Crippen molar-refractivity contribution in [3.8, 4) is 5.75 Å². The monoisotopic (exact) mass is 389 g/mol. The number of nitrogens with zero attached hydrogens (tertiary/aromatic N) is 2. The van der Waals surface area contributed by atoms with Crippen LogP contribution in [0.5, 0.6) is 5.75 Å². The van der Waals surface area contributed by atoms with Gasteiger partial charge in [-0.25, -0.2) is 0 Å². The lowest BCUT2D eigenvalue weighted by Crippen LogP contribution is -2.58. The maximum absolute atomic E-state index is 12.7. The molecule has 1 fully saturated rings. The van der Waals surface area contributed by atoms with E-state index in [9.17, 15) is 4.79 Å². The number of nitrogens with one attached hydrogen (secondary N) is 1. The zero-order valence-corrected chi connectivity index (χ0v) is 15.2. The number of amides is 1. The predicted octanol–water partition coefficient (Wildman–Crippen LogP) is 2.88. The van der Waals surface area contributed by atoms with Gasteiger partial charge in [0, 0.05) is 16.1 Å². The number of hydrogen-bond acceptors (Lipinski definition) is 3. The van der Waals surface area contributed by atoms with Crippen LogP contribution in [0.15, 0.2) is 28.7 Å². The third-order valence-corrected chi connectivity index (χ3v) is 5.49. The molecule has 6 heteroatoms. The summed E-state index contributed by atoms with van der Waals surface area (Å²) in [5.41, 5.74) is 3.47. The third kappa shape index (κ3) is 2.95. The number of ether oxygens (including phenoxy) is 1. The first-order valence-electron chi connectivity index (χ1n) is 8.34. The number of aryl methyl sites for hydroxylation is 2. The first kappa shape index (κ1) is 15.7. The minimum absolute atomic E-state index is 0.0856. The molecule has 24 heavy (non-hydrogen) atoms. The summed E-state index contributed by atoms with van der Waals surface area (Å²) >= 11 is 3.41. The number of likely N-dealkylation sites (tertiary alicyclic amines) is 1. The maximum atomic E-state index is 12.7. The van der Waals surface area contributed by atoms with Crippen LogP contribution in [0.4, 0.5) is 0 Å². The summed E-state index contributed by atoms with van der Waals surface area (Å²) in [5, 5.41) is 7.36. The van der Waals surface area contributed by atoms with E-state index in [4.69, 9.17) is 4.74 Å². The van der Waals surface area contributed by atoms with Gasteiger partial charge in [0.2, 0.25) is 5.91 Å². The predicted molar refractivity (Wildman–Crippen MR) is 94.0 cm³/mol. The Morgan fingerprint density at radius 1 is 1.33 bits per heavy atom. The highest BCUT2D eigenvalue weighted by molar-refractivity contribution is 9.10. The molecule has 0 spiro atoms. The molecule has 2 aromatic rings. The van der Waals surface area contributed by atoms with Crippen molar-refractivity contribution in [2.45, 2.75) is 32.3 Å². The van der Waals surface area contributed by atoms with Gasteiger partial charge in [0.05, 0.1) is 18.8 Å². The highest BCUT2D eigenvalue weighted by atomic mass is 79.9. The fraction of sp³-hybridized carbons (Fsp3) is 0.444. The molecular weight excluding hydrogens is 370 g/mol. The van der Waals surface area contributed by atoms with Crippen LogP contribution in [0.1, 0.15) is 23.4 Å². The second-order valence-corrected chi connectivity index (χ2v) is 7.57. The van der Waals surface area contributed by atoms with Gasteiger partial charge in [-0.1, -0.05) is 15.9 Å². The lowest BCUT2D eigenvalue weighted by atomic mass is 9.85. The van der Waals surface area contributed by atoms with Gasteiger partial charge in [-0.2, -0.15) is 5.10 Å². The molecule has 2 aliphatic rings. The van der Waals surface area contributed by atoms with Gasteiger partial charge in [0.15, 0.2) is 0 Å². The van der Waals surface area contributed by atoms with E-state index >= 15 is 0 Å². The van der Waals surface area contributed by atoms with Crippen molar-refractivity contribution >= 4 is 21.8 Å². The summed E-state index contributed by atoms with van der Waals surface area (Å²) in [6.45, 7) is 3.40. The second-order valence-electron chi connectivity index (χ2n) is 6.65. The topological polar surface area (TPSA) is 58.2 Å². The van der Waals surface area contributed by atoms with Gasteiger partial charge >= 0.3 is 0 Å². The van der Waals surface area contributed by atoms with E-state index in [1.54, 1.807) is 0 Å². The standard InChI is InChI=1S/C18H20BrN3O2/c1-11-16-8-12(2-7-17(16)21-20-11)18(23)22-9-15(10-22)24-14-5-3-13(19)4-6-14/h3-6,12,15H,2,7-10H2,1H3,(H,20,21). The van der Waals surface area contributed by atoms with E-state index in [1.807, 2.05) is 36.1 Å². The number of benzene rings is 1. The number of carbonyl (C=O) groups excluding carboxylic acids is 1. The van der Waals surface area contributed by atoms with Crippen molar-refractivity contribution < 1.29 is 9.53 Å². The summed E-state index contributed by atoms with van der Waals surface area (Å²) < 4.78 is 6.94. The zero-order chi connectivity index (χ0) is 16.7. The third-order valence-electron chi connectivity index (χ3n) is 4.97. The summed E-state index contributed by atoms with van der Waals surface area (Å²) in [4.78, 5) is 14.6. The lowest BCUT2D eigenvalue weighted by molar-refractivity contribution is -0.144. The van der Waals surface area contributed by atoms with Crippen LogP contribution in [0.3, 0.4) is 0 Å². The normalized spacial score (nSPS) is 20.4. The number of aromatic amines is 1. The van der Waals surface area contributed by atoms with E-state index in [0.29, 0.717) is 13.1 Å². The van der Waals surface area contributed by atoms with E-state index in [2.05, 4.69) is 26.1 Å². The van der Waals surface area contributed by atoms with Gasteiger partial charge in [0.1, 0.15) is 11.9 Å². The van der Waals surface area contributed by atoms with Crippen LogP contribution < -0.4 is 4.74 Å². The van der Waals surface area contributed by atoms with E-state index in [-0.39, 0.29) is 17.9 Å². The lowest BCUT2D eigenvalue weighted by Gasteiger charge is -2.41. The molecule has 2 heterocycles. The molecule has 1 saturated heterocycles. The zero-order valence-electron chi connectivity index (χ0n) is 13.6. The minimum atomic E-state index is 0.0856. The number of carbonyl (C=O) groups is 1.